The summed E-state index contributed by atoms with van der Waals surface area (Å²) in [6.45, 7) is 2.95. The van der Waals surface area contributed by atoms with Crippen molar-refractivity contribution in [1.82, 2.24) is 14.8 Å². The topological polar surface area (TPSA) is 69.0 Å². The van der Waals surface area contributed by atoms with E-state index in [1.807, 2.05) is 78.9 Å². The van der Waals surface area contributed by atoms with E-state index in [1.54, 1.807) is 7.11 Å². The molecule has 4 rings (SSSR count). The Morgan fingerprint density at radius 1 is 0.941 bits per heavy atom. The zero-order valence-electron chi connectivity index (χ0n) is 19.4. The fourth-order valence-corrected chi connectivity index (χ4v) is 4.41. The van der Waals surface area contributed by atoms with Crippen LogP contribution in [0, 0.1) is 0 Å². The number of thioether (sulfide) groups is 1. The van der Waals surface area contributed by atoms with Crippen LogP contribution in [0.2, 0.25) is 0 Å². The number of rotatable bonds is 10. The van der Waals surface area contributed by atoms with Crippen LogP contribution in [0.5, 0.6) is 5.75 Å². The van der Waals surface area contributed by atoms with E-state index in [2.05, 4.69) is 27.0 Å². The normalized spacial score (nSPS) is 10.8. The Kier molecular flexibility index (Phi) is 7.99. The summed E-state index contributed by atoms with van der Waals surface area (Å²) in [5, 5.41) is 12.6. The van der Waals surface area contributed by atoms with Crippen LogP contribution in [-0.4, -0.2) is 33.5 Å². The van der Waals surface area contributed by atoms with E-state index in [1.165, 1.54) is 11.8 Å². The van der Waals surface area contributed by atoms with Gasteiger partial charge in [0, 0.05) is 23.4 Å². The summed E-state index contributed by atoms with van der Waals surface area (Å²) in [4.78, 5) is 12.8. The first kappa shape index (κ1) is 23.6. The van der Waals surface area contributed by atoms with Gasteiger partial charge in [0.2, 0.25) is 5.91 Å². The van der Waals surface area contributed by atoms with Crippen molar-refractivity contribution < 1.29 is 9.53 Å². The van der Waals surface area contributed by atoms with Gasteiger partial charge in [-0.2, -0.15) is 0 Å². The van der Waals surface area contributed by atoms with Crippen molar-refractivity contribution in [3.05, 3.63) is 78.9 Å². The van der Waals surface area contributed by atoms with Crippen LogP contribution in [0.4, 0.5) is 5.69 Å². The second-order valence-corrected chi connectivity index (χ2v) is 8.73. The van der Waals surface area contributed by atoms with Crippen LogP contribution in [0.1, 0.15) is 19.8 Å². The third-order valence-electron chi connectivity index (χ3n) is 5.42. The maximum Gasteiger partial charge on any atom is 0.234 e. The molecule has 0 aliphatic carbocycles. The largest absolute Gasteiger partial charge is 0.497 e. The van der Waals surface area contributed by atoms with Crippen molar-refractivity contribution in [2.75, 3.05) is 18.2 Å². The molecule has 1 amide bonds. The van der Waals surface area contributed by atoms with Gasteiger partial charge in [-0.25, -0.2) is 0 Å². The van der Waals surface area contributed by atoms with E-state index >= 15 is 0 Å². The standard InChI is InChI=1S/C27H28N4O2S/c1-3-4-18-31-26(21-14-16-22(33-2)17-15-21)29-30-27(31)34-19-25(32)28-24-13-9-8-12-23(24)20-10-6-5-7-11-20/h5-17H,3-4,18-19H2,1-2H3,(H,28,32). The zero-order valence-corrected chi connectivity index (χ0v) is 20.2. The van der Waals surface area contributed by atoms with Crippen LogP contribution in [0.3, 0.4) is 0 Å². The third-order valence-corrected chi connectivity index (χ3v) is 6.39. The van der Waals surface area contributed by atoms with Gasteiger partial charge in [-0.05, 0) is 42.3 Å². The molecule has 6 nitrogen and oxygen atoms in total. The monoisotopic (exact) mass is 472 g/mol. The van der Waals surface area contributed by atoms with Crippen molar-refractivity contribution in [2.45, 2.75) is 31.5 Å². The lowest BCUT2D eigenvalue weighted by Gasteiger charge is -2.12. The molecule has 0 atom stereocenters. The van der Waals surface area contributed by atoms with E-state index in [4.69, 9.17) is 4.74 Å². The lowest BCUT2D eigenvalue weighted by atomic mass is 10.0. The molecule has 0 radical (unpaired) electrons. The summed E-state index contributed by atoms with van der Waals surface area (Å²) < 4.78 is 7.36. The predicted octanol–water partition coefficient (Wildman–Crippen LogP) is 6.15. The predicted molar refractivity (Wildman–Crippen MR) is 138 cm³/mol. The van der Waals surface area contributed by atoms with Gasteiger partial charge in [0.1, 0.15) is 5.75 Å². The molecule has 0 saturated carbocycles. The van der Waals surface area contributed by atoms with Gasteiger partial charge in [-0.3, -0.25) is 4.79 Å². The Balaban J connectivity index is 1.48. The van der Waals surface area contributed by atoms with Gasteiger partial charge in [-0.15, -0.1) is 10.2 Å². The summed E-state index contributed by atoms with van der Waals surface area (Å²) in [6, 6.07) is 25.7. The minimum atomic E-state index is -0.0792. The minimum Gasteiger partial charge on any atom is -0.497 e. The second-order valence-electron chi connectivity index (χ2n) is 7.79. The molecule has 0 fully saturated rings. The SMILES string of the molecule is CCCCn1c(SCC(=O)Nc2ccccc2-c2ccccc2)nnc1-c1ccc(OC)cc1. The third kappa shape index (κ3) is 5.66. The smallest absolute Gasteiger partial charge is 0.234 e. The molecule has 0 aliphatic rings. The van der Waals surface area contributed by atoms with Gasteiger partial charge in [0.15, 0.2) is 11.0 Å². The number of hydrogen-bond acceptors (Lipinski definition) is 5. The Bertz CT molecular complexity index is 1220. The van der Waals surface area contributed by atoms with Crippen molar-refractivity contribution >= 4 is 23.4 Å². The first-order valence-electron chi connectivity index (χ1n) is 11.3. The summed E-state index contributed by atoms with van der Waals surface area (Å²) >= 11 is 1.40. The van der Waals surface area contributed by atoms with E-state index in [-0.39, 0.29) is 11.7 Å². The summed E-state index contributed by atoms with van der Waals surface area (Å²) in [7, 11) is 1.65. The molecule has 0 spiro atoms. The van der Waals surface area contributed by atoms with Gasteiger partial charge in [0.25, 0.3) is 0 Å². The highest BCUT2D eigenvalue weighted by atomic mass is 32.2. The fraction of sp³-hybridized carbons (Fsp3) is 0.222. The number of carbonyl (C=O) groups is 1. The second kappa shape index (κ2) is 11.5. The highest BCUT2D eigenvalue weighted by Gasteiger charge is 2.16. The number of aromatic nitrogens is 3. The number of anilines is 1. The summed E-state index contributed by atoms with van der Waals surface area (Å²) in [5.41, 5.74) is 3.83. The van der Waals surface area contributed by atoms with Crippen LogP contribution in [0.15, 0.2) is 84.0 Å². The molecule has 3 aromatic carbocycles. The fourth-order valence-electron chi connectivity index (χ4n) is 3.64. The molecule has 0 aliphatic heterocycles. The number of unbranched alkanes of at least 4 members (excludes halogenated alkanes) is 1. The molecular formula is C27H28N4O2S. The number of nitrogens with one attached hydrogen (secondary N) is 1. The maximum atomic E-state index is 12.8. The Labute approximate surface area is 204 Å². The van der Waals surface area contributed by atoms with Crippen molar-refractivity contribution in [3.8, 4) is 28.3 Å². The van der Waals surface area contributed by atoms with Crippen LogP contribution >= 0.6 is 11.8 Å². The van der Waals surface area contributed by atoms with Gasteiger partial charge in [0.05, 0.1) is 12.9 Å². The Morgan fingerprint density at radius 3 is 2.41 bits per heavy atom. The van der Waals surface area contributed by atoms with Gasteiger partial charge >= 0.3 is 0 Å². The quantitative estimate of drug-likeness (QED) is 0.280. The van der Waals surface area contributed by atoms with E-state index in [9.17, 15) is 4.79 Å². The molecule has 0 saturated heterocycles. The molecule has 4 aromatic rings. The molecular weight excluding hydrogens is 444 g/mol. The Hall–Kier alpha value is -3.58. The molecule has 34 heavy (non-hydrogen) atoms. The number of amides is 1. The van der Waals surface area contributed by atoms with Crippen molar-refractivity contribution in [3.63, 3.8) is 0 Å². The zero-order chi connectivity index (χ0) is 23.8. The number of benzene rings is 3. The molecule has 174 valence electrons. The number of hydrogen-bond donors (Lipinski definition) is 1. The lowest BCUT2D eigenvalue weighted by Crippen LogP contribution is -2.15. The first-order valence-corrected chi connectivity index (χ1v) is 12.3. The molecule has 1 heterocycles. The number of para-hydroxylation sites is 1. The van der Waals surface area contributed by atoms with E-state index in [0.29, 0.717) is 0 Å². The average Bonchev–Trinajstić information content (AvgIpc) is 3.29. The lowest BCUT2D eigenvalue weighted by molar-refractivity contribution is -0.113. The van der Waals surface area contributed by atoms with Crippen LogP contribution in [0.25, 0.3) is 22.5 Å². The number of carbonyl (C=O) groups excluding carboxylic acids is 1. The van der Waals surface area contributed by atoms with Crippen molar-refractivity contribution in [1.29, 1.82) is 0 Å². The number of ether oxygens (including phenoxy) is 1. The van der Waals surface area contributed by atoms with Crippen LogP contribution < -0.4 is 10.1 Å². The van der Waals surface area contributed by atoms with Crippen LogP contribution in [-0.2, 0) is 11.3 Å². The Morgan fingerprint density at radius 2 is 1.68 bits per heavy atom. The van der Waals surface area contributed by atoms with E-state index < -0.39 is 0 Å². The molecule has 0 unspecified atom stereocenters. The molecule has 1 N–H and O–H groups in total. The molecule has 7 heteroatoms. The molecule has 0 bridgehead atoms. The summed E-state index contributed by atoms with van der Waals surface area (Å²) in [5.74, 6) is 1.76. The van der Waals surface area contributed by atoms with Gasteiger partial charge < -0.3 is 14.6 Å². The molecule has 1 aromatic heterocycles. The number of methoxy groups -OCH3 is 1. The highest BCUT2D eigenvalue weighted by Crippen LogP contribution is 2.29. The first-order chi connectivity index (χ1) is 16.7. The van der Waals surface area contributed by atoms with Crippen molar-refractivity contribution in [2.24, 2.45) is 0 Å². The minimum absolute atomic E-state index is 0.0792. The van der Waals surface area contributed by atoms with E-state index in [0.717, 1.165) is 58.5 Å². The maximum absolute atomic E-state index is 12.8. The average molecular weight is 473 g/mol. The van der Waals surface area contributed by atoms with Gasteiger partial charge in [-0.1, -0.05) is 73.6 Å². The highest BCUT2D eigenvalue weighted by molar-refractivity contribution is 7.99. The summed E-state index contributed by atoms with van der Waals surface area (Å²) in [6.07, 6.45) is 2.06. The number of nitrogens with zero attached hydrogens (tertiary/aromatic N) is 3.